The summed E-state index contributed by atoms with van der Waals surface area (Å²) in [5.74, 6) is -1.54. The lowest BCUT2D eigenvalue weighted by molar-refractivity contribution is -0.132. The molecule has 1 aliphatic carbocycles. The largest absolute Gasteiger partial charge is 0.382 e. The highest BCUT2D eigenvalue weighted by Gasteiger charge is 2.33. The van der Waals surface area contributed by atoms with Crippen LogP contribution in [0.3, 0.4) is 0 Å². The SMILES string of the molecule is COCCOCCCC(=O)CCC(NC(=O)CCC(NC(=O)C1CCC(OP(O)(=S)C(C)C)CC1)C(=O)CCCOCCOC)C(=O)CCCOCCOC. The van der Waals surface area contributed by atoms with Gasteiger partial charge in [0, 0.05) is 84.8 Å². The van der Waals surface area contributed by atoms with E-state index in [1.807, 2.05) is 13.8 Å². The van der Waals surface area contributed by atoms with Gasteiger partial charge in [-0.2, -0.15) is 0 Å². The fourth-order valence-corrected chi connectivity index (χ4v) is 7.05. The van der Waals surface area contributed by atoms with Crippen LogP contribution in [0.25, 0.3) is 0 Å². The van der Waals surface area contributed by atoms with Gasteiger partial charge in [0.1, 0.15) is 5.78 Å². The fraction of sp³-hybridized carbons (Fsp3) is 0.868. The smallest absolute Gasteiger partial charge is 0.223 e. The Hall–Kier alpha value is -1.72. The van der Waals surface area contributed by atoms with Crippen molar-refractivity contribution >= 4 is 47.5 Å². The third kappa shape index (κ3) is 24.6. The molecule has 1 rings (SSSR count). The van der Waals surface area contributed by atoms with E-state index in [1.54, 1.807) is 21.3 Å². The van der Waals surface area contributed by atoms with E-state index in [1.165, 1.54) is 0 Å². The molecule has 2 amide bonds. The van der Waals surface area contributed by atoms with E-state index < -0.39 is 24.5 Å². The molecule has 0 radical (unpaired) electrons. The lowest BCUT2D eigenvalue weighted by Crippen LogP contribution is -2.46. The van der Waals surface area contributed by atoms with Crippen LogP contribution in [0.5, 0.6) is 0 Å². The maximum absolute atomic E-state index is 13.4. The molecule has 0 aromatic heterocycles. The minimum absolute atomic E-state index is 0.0353. The first-order valence-electron chi connectivity index (χ1n) is 19.7. The van der Waals surface area contributed by atoms with Gasteiger partial charge in [0.15, 0.2) is 18.1 Å². The van der Waals surface area contributed by atoms with E-state index >= 15 is 0 Å². The van der Waals surface area contributed by atoms with Crippen LogP contribution >= 0.6 is 6.49 Å². The number of hydrogen-bond acceptors (Lipinski definition) is 13. The Morgan fingerprint density at radius 2 is 1.09 bits per heavy atom. The molecule has 1 aliphatic rings. The molecule has 0 spiro atoms. The normalized spacial score (nSPS) is 18.0. The summed E-state index contributed by atoms with van der Waals surface area (Å²) < 4.78 is 37.2. The second-order valence-corrected chi connectivity index (χ2v) is 18.0. The molecule has 15 nitrogen and oxygen atoms in total. The van der Waals surface area contributed by atoms with Crippen LogP contribution in [0.4, 0.5) is 0 Å². The first-order valence-corrected chi connectivity index (χ1v) is 22.5. The predicted octanol–water partition coefficient (Wildman–Crippen LogP) is 3.84. The van der Waals surface area contributed by atoms with Gasteiger partial charge in [-0.15, -0.1) is 0 Å². The standard InChI is InChI=1S/C38H69N2O13PS/c1-29(2)54(46,55)53-32-15-12-30(13-16-32)38(45)40-34(36(43)11-8-22-52-28-25-49-5)18-19-37(44)39-33(35(42)10-7-21-51-27-24-48-4)17-14-31(41)9-6-20-50-26-23-47-3/h29-30,32-34H,6-28H2,1-5H3,(H,39,44)(H,40,45)(H,46,55). The summed E-state index contributed by atoms with van der Waals surface area (Å²) in [7, 11) is 4.73. The van der Waals surface area contributed by atoms with Crippen LogP contribution in [-0.2, 0) is 68.7 Å². The van der Waals surface area contributed by atoms with Gasteiger partial charge in [-0.3, -0.25) is 24.0 Å². The second-order valence-electron chi connectivity index (χ2n) is 14.1. The molecule has 0 saturated heterocycles. The van der Waals surface area contributed by atoms with Crippen molar-refractivity contribution in [2.24, 2.45) is 5.92 Å². The topological polar surface area (TPSA) is 194 Å². The number of ketones is 3. The lowest BCUT2D eigenvalue weighted by atomic mass is 9.86. The van der Waals surface area contributed by atoms with Crippen molar-refractivity contribution in [2.75, 3.05) is 80.8 Å². The number of carbonyl (C=O) groups is 5. The van der Waals surface area contributed by atoms with Crippen LogP contribution < -0.4 is 10.6 Å². The minimum atomic E-state index is -2.92. The summed E-state index contributed by atoms with van der Waals surface area (Å²) in [6.07, 6.45) is 4.11. The summed E-state index contributed by atoms with van der Waals surface area (Å²) in [5.41, 5.74) is -0.165. The number of Topliss-reactive ketones (excluding diaryl/α,β-unsaturated/α-hetero) is 3. The number of carbonyl (C=O) groups excluding carboxylic acids is 5. The molecule has 0 aromatic rings. The van der Waals surface area contributed by atoms with E-state index in [9.17, 15) is 28.9 Å². The Morgan fingerprint density at radius 1 is 0.636 bits per heavy atom. The van der Waals surface area contributed by atoms with Crippen molar-refractivity contribution in [3.05, 3.63) is 0 Å². The summed E-state index contributed by atoms with van der Waals surface area (Å²) in [6, 6.07) is -1.80. The van der Waals surface area contributed by atoms with Crippen molar-refractivity contribution in [1.29, 1.82) is 0 Å². The van der Waals surface area contributed by atoms with Crippen LogP contribution in [0.15, 0.2) is 0 Å². The summed E-state index contributed by atoms with van der Waals surface area (Å²) in [6.45, 7) is 4.44. The number of hydrogen-bond donors (Lipinski definition) is 3. The molecule has 17 heteroatoms. The van der Waals surface area contributed by atoms with Crippen LogP contribution in [-0.4, -0.2) is 139 Å². The van der Waals surface area contributed by atoms with Crippen molar-refractivity contribution in [2.45, 2.75) is 128 Å². The molecule has 0 aromatic carbocycles. The van der Waals surface area contributed by atoms with E-state index in [0.29, 0.717) is 111 Å². The van der Waals surface area contributed by atoms with E-state index in [2.05, 4.69) is 10.6 Å². The van der Waals surface area contributed by atoms with Crippen LogP contribution in [0.1, 0.15) is 104 Å². The Balaban J connectivity index is 2.87. The molecule has 1 fully saturated rings. The first kappa shape index (κ1) is 51.3. The Labute approximate surface area is 333 Å². The van der Waals surface area contributed by atoms with Gasteiger partial charge >= 0.3 is 0 Å². The number of amides is 2. The number of methoxy groups -OCH3 is 3. The molecule has 3 atom stereocenters. The quantitative estimate of drug-likeness (QED) is 0.0617. The van der Waals surface area contributed by atoms with Crippen LogP contribution in [0, 0.1) is 5.92 Å². The van der Waals surface area contributed by atoms with Gasteiger partial charge in [0.25, 0.3) is 0 Å². The van der Waals surface area contributed by atoms with Gasteiger partial charge in [-0.05, 0) is 69.6 Å². The molecule has 0 bridgehead atoms. The molecule has 1 saturated carbocycles. The highest BCUT2D eigenvalue weighted by atomic mass is 32.5. The lowest BCUT2D eigenvalue weighted by Gasteiger charge is -2.32. The highest BCUT2D eigenvalue weighted by Crippen LogP contribution is 2.50. The summed E-state index contributed by atoms with van der Waals surface area (Å²) in [4.78, 5) is 76.6. The molecule has 3 unspecified atom stereocenters. The molecular weight excluding hydrogens is 755 g/mol. The number of ether oxygens (including phenoxy) is 6. The Bertz CT molecular complexity index is 1150. The third-order valence-electron chi connectivity index (χ3n) is 9.26. The maximum Gasteiger partial charge on any atom is 0.223 e. The van der Waals surface area contributed by atoms with Crippen molar-refractivity contribution < 1.29 is 61.8 Å². The first-order chi connectivity index (χ1) is 26.3. The zero-order chi connectivity index (χ0) is 40.9. The average molecular weight is 825 g/mol. The molecule has 0 aliphatic heterocycles. The monoisotopic (exact) mass is 824 g/mol. The zero-order valence-corrected chi connectivity index (χ0v) is 35.6. The Morgan fingerprint density at radius 3 is 1.56 bits per heavy atom. The predicted molar refractivity (Wildman–Crippen MR) is 212 cm³/mol. The molecule has 320 valence electrons. The molecule has 0 heterocycles. The van der Waals surface area contributed by atoms with Gasteiger partial charge in [0.2, 0.25) is 11.8 Å². The third-order valence-corrected chi connectivity index (χ3v) is 12.7. The van der Waals surface area contributed by atoms with E-state index in [-0.39, 0.29) is 79.5 Å². The summed E-state index contributed by atoms with van der Waals surface area (Å²) in [5, 5.41) is 5.70. The van der Waals surface area contributed by atoms with E-state index in [0.717, 1.165) is 0 Å². The van der Waals surface area contributed by atoms with Crippen molar-refractivity contribution in [3.63, 3.8) is 0 Å². The van der Waals surface area contributed by atoms with Crippen molar-refractivity contribution in [3.8, 4) is 0 Å². The molecule has 3 N–H and O–H groups in total. The van der Waals surface area contributed by atoms with Gasteiger partial charge in [-0.25, -0.2) is 0 Å². The Kier molecular flexibility index (Phi) is 29.2. The number of rotatable bonds is 35. The maximum atomic E-state index is 13.4. The van der Waals surface area contributed by atoms with Gasteiger partial charge in [-0.1, -0.05) is 13.8 Å². The number of nitrogens with one attached hydrogen (secondary N) is 2. The average Bonchev–Trinajstić information content (AvgIpc) is 3.15. The van der Waals surface area contributed by atoms with Gasteiger partial charge in [0.05, 0.1) is 57.8 Å². The summed E-state index contributed by atoms with van der Waals surface area (Å²) >= 11 is 5.29. The van der Waals surface area contributed by atoms with E-state index in [4.69, 9.17) is 44.8 Å². The highest BCUT2D eigenvalue weighted by molar-refractivity contribution is 8.09. The zero-order valence-electron chi connectivity index (χ0n) is 33.9. The van der Waals surface area contributed by atoms with Crippen LogP contribution in [0.2, 0.25) is 0 Å². The molecular formula is C38H69N2O13PS. The van der Waals surface area contributed by atoms with Gasteiger partial charge < -0.3 is 48.5 Å². The second kappa shape index (κ2) is 31.3. The minimum Gasteiger partial charge on any atom is -0.382 e. The fourth-order valence-electron chi connectivity index (χ4n) is 5.80. The van der Waals surface area contributed by atoms with Crippen molar-refractivity contribution in [1.82, 2.24) is 10.6 Å². The molecule has 55 heavy (non-hydrogen) atoms.